The van der Waals surface area contributed by atoms with Crippen molar-refractivity contribution in [3.8, 4) is 0 Å². The first-order valence-corrected chi connectivity index (χ1v) is 7.62. The fourth-order valence-electron chi connectivity index (χ4n) is 2.76. The van der Waals surface area contributed by atoms with E-state index in [0.717, 1.165) is 58.9 Å². The number of rotatable bonds is 6. The van der Waals surface area contributed by atoms with E-state index in [0.29, 0.717) is 12.6 Å². The van der Waals surface area contributed by atoms with Crippen molar-refractivity contribution in [2.45, 2.75) is 12.5 Å². The molecule has 0 aliphatic carbocycles. The molecule has 2 saturated heterocycles. The van der Waals surface area contributed by atoms with E-state index in [1.165, 1.54) is 0 Å². The van der Waals surface area contributed by atoms with E-state index in [4.69, 9.17) is 4.74 Å². The number of hydrogen-bond acceptors (Lipinski definition) is 5. The maximum atomic E-state index is 12.1. The predicted octanol–water partition coefficient (Wildman–Crippen LogP) is -0.929. The first kappa shape index (κ1) is 15.7. The smallest absolute Gasteiger partial charge is 0.236 e. The van der Waals surface area contributed by atoms with E-state index in [1.807, 2.05) is 4.90 Å². The largest absolute Gasteiger partial charge is 0.379 e. The number of morpholine rings is 1. The number of nitrogens with zero attached hydrogens (tertiary/aromatic N) is 3. The van der Waals surface area contributed by atoms with Crippen molar-refractivity contribution in [2.24, 2.45) is 0 Å². The number of amides is 1. The first-order chi connectivity index (χ1) is 9.66. The Labute approximate surface area is 122 Å². The van der Waals surface area contributed by atoms with Gasteiger partial charge in [0.05, 0.1) is 19.8 Å². The molecule has 0 spiro atoms. The summed E-state index contributed by atoms with van der Waals surface area (Å²) in [4.78, 5) is 18.6. The van der Waals surface area contributed by atoms with Crippen LogP contribution in [-0.4, -0.2) is 99.8 Å². The molecular weight excluding hydrogens is 256 g/mol. The third-order valence-electron chi connectivity index (χ3n) is 4.23. The zero-order valence-electron chi connectivity index (χ0n) is 12.8. The molecule has 0 aromatic heterocycles. The minimum Gasteiger partial charge on any atom is -0.379 e. The monoisotopic (exact) mass is 284 g/mol. The van der Waals surface area contributed by atoms with Crippen molar-refractivity contribution in [3.05, 3.63) is 0 Å². The van der Waals surface area contributed by atoms with Crippen LogP contribution in [0.15, 0.2) is 0 Å². The number of likely N-dealkylation sites (N-methyl/N-ethyl adjacent to an activating group) is 1. The quantitative estimate of drug-likeness (QED) is 0.639. The highest BCUT2D eigenvalue weighted by Crippen LogP contribution is 2.12. The number of likely N-dealkylation sites (tertiary alicyclic amines) is 1. The van der Waals surface area contributed by atoms with Crippen molar-refractivity contribution in [1.29, 1.82) is 0 Å². The summed E-state index contributed by atoms with van der Waals surface area (Å²) < 4.78 is 5.31. The van der Waals surface area contributed by atoms with Crippen molar-refractivity contribution in [2.75, 3.05) is 73.1 Å². The molecule has 2 heterocycles. The SMILES string of the molecule is CN(C)[C@H]1CCN(C(=O)CNCCN2CCOCC2)C1. The van der Waals surface area contributed by atoms with Gasteiger partial charge >= 0.3 is 0 Å². The lowest BCUT2D eigenvalue weighted by molar-refractivity contribution is -0.129. The summed E-state index contributed by atoms with van der Waals surface area (Å²) in [5.74, 6) is 0.233. The molecule has 1 N–H and O–H groups in total. The molecule has 2 fully saturated rings. The van der Waals surface area contributed by atoms with Gasteiger partial charge in [0.1, 0.15) is 0 Å². The van der Waals surface area contributed by atoms with Crippen molar-refractivity contribution in [3.63, 3.8) is 0 Å². The molecule has 6 nitrogen and oxygen atoms in total. The third kappa shape index (κ3) is 4.70. The van der Waals surface area contributed by atoms with Gasteiger partial charge in [0.2, 0.25) is 5.91 Å². The van der Waals surface area contributed by atoms with Crippen LogP contribution in [0.1, 0.15) is 6.42 Å². The summed E-state index contributed by atoms with van der Waals surface area (Å²) in [6, 6.07) is 0.521. The summed E-state index contributed by atoms with van der Waals surface area (Å²) in [7, 11) is 4.17. The molecule has 0 bridgehead atoms. The Morgan fingerprint density at radius 2 is 2.05 bits per heavy atom. The molecule has 2 aliphatic rings. The molecule has 116 valence electrons. The van der Waals surface area contributed by atoms with Crippen LogP contribution >= 0.6 is 0 Å². The Bertz CT molecular complexity index is 306. The van der Waals surface area contributed by atoms with Crippen molar-refractivity contribution in [1.82, 2.24) is 20.0 Å². The number of carbonyl (C=O) groups excluding carboxylic acids is 1. The van der Waals surface area contributed by atoms with Gasteiger partial charge < -0.3 is 19.9 Å². The normalized spacial score (nSPS) is 24.6. The van der Waals surface area contributed by atoms with E-state index < -0.39 is 0 Å². The fraction of sp³-hybridized carbons (Fsp3) is 0.929. The molecule has 0 aromatic rings. The minimum absolute atomic E-state index is 0.233. The van der Waals surface area contributed by atoms with Crippen LogP contribution in [0.3, 0.4) is 0 Å². The topological polar surface area (TPSA) is 48.0 Å². The molecule has 0 saturated carbocycles. The maximum absolute atomic E-state index is 12.1. The lowest BCUT2D eigenvalue weighted by atomic mass is 10.2. The van der Waals surface area contributed by atoms with Crippen LogP contribution in [-0.2, 0) is 9.53 Å². The van der Waals surface area contributed by atoms with Gasteiger partial charge in [-0.25, -0.2) is 0 Å². The van der Waals surface area contributed by atoms with E-state index in [2.05, 4.69) is 29.2 Å². The molecule has 0 aromatic carbocycles. The van der Waals surface area contributed by atoms with Crippen molar-refractivity contribution < 1.29 is 9.53 Å². The first-order valence-electron chi connectivity index (χ1n) is 7.62. The van der Waals surface area contributed by atoms with E-state index >= 15 is 0 Å². The summed E-state index contributed by atoms with van der Waals surface area (Å²) in [6.45, 7) is 7.78. The third-order valence-corrected chi connectivity index (χ3v) is 4.23. The van der Waals surface area contributed by atoms with Gasteiger partial charge in [-0.15, -0.1) is 0 Å². The number of ether oxygens (including phenoxy) is 1. The summed E-state index contributed by atoms with van der Waals surface area (Å²) in [5.41, 5.74) is 0. The second-order valence-electron chi connectivity index (χ2n) is 5.88. The van der Waals surface area contributed by atoms with Gasteiger partial charge in [0.25, 0.3) is 0 Å². The van der Waals surface area contributed by atoms with E-state index in [1.54, 1.807) is 0 Å². The van der Waals surface area contributed by atoms with E-state index in [9.17, 15) is 4.79 Å². The molecular formula is C14H28N4O2. The Morgan fingerprint density at radius 3 is 2.70 bits per heavy atom. The summed E-state index contributed by atoms with van der Waals surface area (Å²) in [6.07, 6.45) is 1.09. The summed E-state index contributed by atoms with van der Waals surface area (Å²) >= 11 is 0. The number of hydrogen-bond donors (Lipinski definition) is 1. The van der Waals surface area contributed by atoms with Crippen LogP contribution < -0.4 is 5.32 Å². The molecule has 2 rings (SSSR count). The standard InChI is InChI=1S/C14H28N4O2/c1-16(2)13-3-5-18(12-13)14(19)11-15-4-6-17-7-9-20-10-8-17/h13,15H,3-12H2,1-2H3/t13-/m0/s1. The zero-order chi connectivity index (χ0) is 14.4. The predicted molar refractivity (Wildman–Crippen MR) is 78.8 cm³/mol. The highest BCUT2D eigenvalue weighted by Gasteiger charge is 2.26. The molecule has 1 atom stereocenters. The maximum Gasteiger partial charge on any atom is 0.236 e. The molecule has 6 heteroatoms. The Hall–Kier alpha value is -0.690. The van der Waals surface area contributed by atoms with Crippen LogP contribution in [0, 0.1) is 0 Å². The number of carbonyl (C=O) groups is 1. The Kier molecular flexibility index (Phi) is 6.22. The van der Waals surface area contributed by atoms with Gasteiger partial charge in [0, 0.05) is 45.3 Å². The van der Waals surface area contributed by atoms with Gasteiger partial charge in [-0.2, -0.15) is 0 Å². The average Bonchev–Trinajstić information content (AvgIpc) is 2.94. The van der Waals surface area contributed by atoms with E-state index in [-0.39, 0.29) is 5.91 Å². The highest BCUT2D eigenvalue weighted by molar-refractivity contribution is 5.78. The van der Waals surface area contributed by atoms with Gasteiger partial charge in [-0.05, 0) is 20.5 Å². The Morgan fingerprint density at radius 1 is 1.30 bits per heavy atom. The van der Waals surface area contributed by atoms with Crippen LogP contribution in [0.25, 0.3) is 0 Å². The second kappa shape index (κ2) is 7.93. The van der Waals surface area contributed by atoms with Crippen LogP contribution in [0.2, 0.25) is 0 Å². The molecule has 0 radical (unpaired) electrons. The lowest BCUT2D eigenvalue weighted by Gasteiger charge is -2.26. The average molecular weight is 284 g/mol. The van der Waals surface area contributed by atoms with Gasteiger partial charge in [0.15, 0.2) is 0 Å². The van der Waals surface area contributed by atoms with Crippen molar-refractivity contribution >= 4 is 5.91 Å². The highest BCUT2D eigenvalue weighted by atomic mass is 16.5. The summed E-state index contributed by atoms with van der Waals surface area (Å²) in [5, 5.41) is 3.27. The molecule has 2 aliphatic heterocycles. The fourth-order valence-corrected chi connectivity index (χ4v) is 2.76. The molecule has 1 amide bonds. The molecule has 0 unspecified atom stereocenters. The molecule has 20 heavy (non-hydrogen) atoms. The van der Waals surface area contributed by atoms with Gasteiger partial charge in [-0.1, -0.05) is 0 Å². The number of nitrogens with one attached hydrogen (secondary N) is 1. The van der Waals surface area contributed by atoms with Crippen LogP contribution in [0.4, 0.5) is 0 Å². The lowest BCUT2D eigenvalue weighted by Crippen LogP contribution is -2.43. The minimum atomic E-state index is 0.233. The van der Waals surface area contributed by atoms with Crippen LogP contribution in [0.5, 0.6) is 0 Å². The Balaban J connectivity index is 1.56. The second-order valence-corrected chi connectivity index (χ2v) is 5.88. The zero-order valence-corrected chi connectivity index (χ0v) is 12.8. The van der Waals surface area contributed by atoms with Gasteiger partial charge in [-0.3, -0.25) is 9.69 Å².